The van der Waals surface area contributed by atoms with E-state index in [4.69, 9.17) is 5.10 Å². The summed E-state index contributed by atoms with van der Waals surface area (Å²) < 4.78 is 0. The van der Waals surface area contributed by atoms with Crippen LogP contribution in [0.1, 0.15) is 83.6 Å². The monoisotopic (exact) mass is 473 g/mol. The standard InChI is InChI=1S/C30H39N3O2/c1-29-19-6-5-9-23(29)12-15-25-26-16-17-28(30(26,2)20-18-27(25)29)32-31-21-7-3-4-8-22-10-13-24(14-11-22)33(34)35/h3-4,7-8,10-11,13-14,21,23,25-27H,5-6,9,12,15-20H2,1-2H3/b7-3+,8-4+,31-21+,32-28-/t23-,25?,26?,27?,29+,30+/m0/s1. The third-order valence-corrected chi connectivity index (χ3v) is 10.3. The average Bonchev–Trinajstić information content (AvgIpc) is 3.19. The summed E-state index contributed by atoms with van der Waals surface area (Å²) in [5.74, 6) is 3.57. The first-order valence-electron chi connectivity index (χ1n) is 13.6. The van der Waals surface area contributed by atoms with E-state index in [1.165, 1.54) is 75.6 Å². The number of rotatable bonds is 5. The van der Waals surface area contributed by atoms with E-state index in [-0.39, 0.29) is 16.0 Å². The van der Waals surface area contributed by atoms with Crippen LogP contribution in [0, 0.1) is 44.6 Å². The average molecular weight is 474 g/mol. The summed E-state index contributed by atoms with van der Waals surface area (Å²) >= 11 is 0. The number of allylic oxidation sites excluding steroid dienone is 3. The zero-order valence-corrected chi connectivity index (χ0v) is 21.2. The summed E-state index contributed by atoms with van der Waals surface area (Å²) in [5, 5.41) is 19.9. The van der Waals surface area contributed by atoms with E-state index >= 15 is 0 Å². The molecule has 4 aliphatic rings. The molecule has 0 bridgehead atoms. The lowest BCUT2D eigenvalue weighted by molar-refractivity contribution is -0.384. The molecule has 0 heterocycles. The van der Waals surface area contributed by atoms with Crippen molar-refractivity contribution in [3.05, 3.63) is 58.2 Å². The van der Waals surface area contributed by atoms with E-state index in [1.807, 2.05) is 24.3 Å². The molecule has 6 atom stereocenters. The molecule has 5 rings (SSSR count). The summed E-state index contributed by atoms with van der Waals surface area (Å²) in [7, 11) is 0. The predicted octanol–water partition coefficient (Wildman–Crippen LogP) is 8.02. The van der Waals surface area contributed by atoms with Gasteiger partial charge in [0.1, 0.15) is 0 Å². The van der Waals surface area contributed by atoms with Crippen molar-refractivity contribution in [2.45, 2.75) is 78.1 Å². The minimum atomic E-state index is -0.383. The Morgan fingerprint density at radius 3 is 2.57 bits per heavy atom. The lowest BCUT2D eigenvalue weighted by Crippen LogP contribution is -2.52. The summed E-state index contributed by atoms with van der Waals surface area (Å²) in [6.45, 7) is 5.13. The Bertz CT molecular complexity index is 1060. The predicted molar refractivity (Wildman–Crippen MR) is 144 cm³/mol. The van der Waals surface area contributed by atoms with Crippen LogP contribution in [0.4, 0.5) is 5.69 Å². The summed E-state index contributed by atoms with van der Waals surface area (Å²) in [5.41, 5.74) is 3.18. The number of hydrogen-bond acceptors (Lipinski definition) is 4. The molecular weight excluding hydrogens is 434 g/mol. The Kier molecular flexibility index (Phi) is 6.78. The normalized spacial score (nSPS) is 38.2. The van der Waals surface area contributed by atoms with Gasteiger partial charge in [0.25, 0.3) is 5.69 Å². The quantitative estimate of drug-likeness (QED) is 0.188. The molecule has 0 aromatic heterocycles. The SMILES string of the molecule is C[C@@]12CCC3C(CC[C@@H]4CCCC[C@@]34C)C1CC/C2=N/N=C/C=C/C=C/c1ccc([N+](=O)[O-])cc1. The van der Waals surface area contributed by atoms with E-state index in [9.17, 15) is 10.1 Å². The van der Waals surface area contributed by atoms with E-state index in [1.54, 1.807) is 18.3 Å². The van der Waals surface area contributed by atoms with Crippen LogP contribution >= 0.6 is 0 Å². The van der Waals surface area contributed by atoms with Crippen molar-refractivity contribution in [1.29, 1.82) is 0 Å². The zero-order chi connectivity index (χ0) is 24.5. The molecule has 35 heavy (non-hydrogen) atoms. The second kappa shape index (κ2) is 9.83. The minimum Gasteiger partial charge on any atom is -0.258 e. The first-order valence-corrected chi connectivity index (χ1v) is 13.6. The maximum Gasteiger partial charge on any atom is 0.269 e. The van der Waals surface area contributed by atoms with Crippen LogP contribution in [0.5, 0.6) is 0 Å². The summed E-state index contributed by atoms with van der Waals surface area (Å²) in [6, 6.07) is 6.53. The second-order valence-corrected chi connectivity index (χ2v) is 11.8. The molecular formula is C30H39N3O2. The number of nitro groups is 1. The Hall–Kier alpha value is -2.56. The molecule has 0 radical (unpaired) electrons. The molecule has 0 saturated heterocycles. The largest absolute Gasteiger partial charge is 0.269 e. The Morgan fingerprint density at radius 2 is 1.77 bits per heavy atom. The van der Waals surface area contributed by atoms with Gasteiger partial charge in [0.05, 0.1) is 4.92 Å². The molecule has 4 saturated carbocycles. The number of nitrogens with zero attached hydrogens (tertiary/aromatic N) is 3. The summed E-state index contributed by atoms with van der Waals surface area (Å²) in [6.07, 6.45) is 23.2. The second-order valence-electron chi connectivity index (χ2n) is 11.8. The molecule has 186 valence electrons. The fraction of sp³-hybridized carbons (Fsp3) is 0.600. The Balaban J connectivity index is 1.20. The topological polar surface area (TPSA) is 67.9 Å². The van der Waals surface area contributed by atoms with Gasteiger partial charge in [0.2, 0.25) is 0 Å². The van der Waals surface area contributed by atoms with Gasteiger partial charge in [0.15, 0.2) is 0 Å². The van der Waals surface area contributed by atoms with Gasteiger partial charge in [-0.25, -0.2) is 0 Å². The van der Waals surface area contributed by atoms with Gasteiger partial charge in [-0.05, 0) is 104 Å². The van der Waals surface area contributed by atoms with Crippen molar-refractivity contribution in [2.75, 3.05) is 0 Å². The van der Waals surface area contributed by atoms with Crippen LogP contribution in [-0.2, 0) is 0 Å². The fourth-order valence-corrected chi connectivity index (χ4v) is 8.38. The molecule has 4 aliphatic carbocycles. The third-order valence-electron chi connectivity index (χ3n) is 10.3. The molecule has 0 spiro atoms. The number of nitro benzene ring substituents is 1. The minimum absolute atomic E-state index is 0.108. The highest BCUT2D eigenvalue weighted by Crippen LogP contribution is 2.65. The molecule has 3 unspecified atom stereocenters. The lowest BCUT2D eigenvalue weighted by Gasteiger charge is -2.59. The van der Waals surface area contributed by atoms with Gasteiger partial charge in [0, 0.05) is 29.5 Å². The molecule has 1 aromatic rings. The van der Waals surface area contributed by atoms with E-state index in [2.05, 4.69) is 18.9 Å². The lowest BCUT2D eigenvalue weighted by atomic mass is 9.45. The van der Waals surface area contributed by atoms with Crippen molar-refractivity contribution < 1.29 is 4.92 Å². The third kappa shape index (κ3) is 4.54. The van der Waals surface area contributed by atoms with Gasteiger partial charge in [-0.3, -0.25) is 10.1 Å². The highest BCUT2D eigenvalue weighted by Gasteiger charge is 2.58. The molecule has 5 nitrogen and oxygen atoms in total. The highest BCUT2D eigenvalue weighted by atomic mass is 16.6. The number of non-ortho nitro benzene ring substituents is 1. The summed E-state index contributed by atoms with van der Waals surface area (Å²) in [4.78, 5) is 10.4. The van der Waals surface area contributed by atoms with Crippen LogP contribution in [0.15, 0.2) is 52.7 Å². The Morgan fingerprint density at radius 1 is 0.943 bits per heavy atom. The van der Waals surface area contributed by atoms with Crippen LogP contribution in [0.25, 0.3) is 6.08 Å². The van der Waals surface area contributed by atoms with Crippen LogP contribution in [-0.4, -0.2) is 16.8 Å². The molecule has 4 fully saturated rings. The maximum absolute atomic E-state index is 10.7. The van der Waals surface area contributed by atoms with Gasteiger partial charge in [-0.2, -0.15) is 10.2 Å². The van der Waals surface area contributed by atoms with Gasteiger partial charge < -0.3 is 0 Å². The van der Waals surface area contributed by atoms with Crippen molar-refractivity contribution in [2.24, 2.45) is 44.7 Å². The van der Waals surface area contributed by atoms with Gasteiger partial charge >= 0.3 is 0 Å². The van der Waals surface area contributed by atoms with E-state index < -0.39 is 0 Å². The van der Waals surface area contributed by atoms with Crippen molar-refractivity contribution in [3.63, 3.8) is 0 Å². The van der Waals surface area contributed by atoms with Crippen molar-refractivity contribution in [1.82, 2.24) is 0 Å². The van der Waals surface area contributed by atoms with Crippen LogP contribution in [0.2, 0.25) is 0 Å². The molecule has 0 amide bonds. The van der Waals surface area contributed by atoms with E-state index in [0.29, 0.717) is 5.41 Å². The number of benzene rings is 1. The molecule has 0 aliphatic heterocycles. The molecule has 5 heteroatoms. The Labute approximate surface area is 209 Å². The van der Waals surface area contributed by atoms with Crippen LogP contribution < -0.4 is 0 Å². The molecule has 0 N–H and O–H groups in total. The smallest absolute Gasteiger partial charge is 0.258 e. The van der Waals surface area contributed by atoms with Crippen LogP contribution in [0.3, 0.4) is 0 Å². The number of hydrogen-bond donors (Lipinski definition) is 0. The maximum atomic E-state index is 10.7. The fourth-order valence-electron chi connectivity index (χ4n) is 8.38. The molecule has 1 aromatic carbocycles. The van der Waals surface area contributed by atoms with E-state index in [0.717, 1.165) is 35.7 Å². The highest BCUT2D eigenvalue weighted by molar-refractivity contribution is 5.92. The first-order chi connectivity index (χ1) is 16.9. The first kappa shape index (κ1) is 24.1. The van der Waals surface area contributed by atoms with Crippen molar-refractivity contribution in [3.8, 4) is 0 Å². The van der Waals surface area contributed by atoms with Crippen molar-refractivity contribution >= 4 is 23.7 Å². The van der Waals surface area contributed by atoms with Gasteiger partial charge in [-0.1, -0.05) is 44.9 Å². The number of fused-ring (bicyclic) bond motifs is 5. The van der Waals surface area contributed by atoms with Gasteiger partial charge in [-0.15, -0.1) is 0 Å². The zero-order valence-electron chi connectivity index (χ0n) is 21.2.